The Morgan fingerprint density at radius 2 is 0.526 bits per heavy atom. The molecular formula is C111H91BrN2. The molecular weight excluding hydrogens is 1440 g/mol. The maximum Gasteiger partial charge on any atom is 0.0720 e. The van der Waals surface area contributed by atoms with E-state index < -0.39 is 5.41 Å². The first-order chi connectivity index (χ1) is 55.0. The first-order valence-electron chi connectivity index (χ1n) is 39.9. The van der Waals surface area contributed by atoms with Crippen LogP contribution >= 0.6 is 15.9 Å². The van der Waals surface area contributed by atoms with E-state index in [4.69, 9.17) is 0 Å². The van der Waals surface area contributed by atoms with Gasteiger partial charge in [-0.3, -0.25) is 0 Å². The van der Waals surface area contributed by atoms with E-state index in [2.05, 4.69) is 452 Å². The summed E-state index contributed by atoms with van der Waals surface area (Å²) in [4.78, 5) is 2.52. The number of benzene rings is 16. The first kappa shape index (κ1) is 71.9. The zero-order chi connectivity index (χ0) is 76.8. The van der Waals surface area contributed by atoms with Crippen LogP contribution < -0.4 is 10.2 Å². The maximum absolute atomic E-state index is 3.87. The number of anilines is 5. The van der Waals surface area contributed by atoms with Crippen LogP contribution in [0.2, 0.25) is 0 Å². The second-order valence-electron chi connectivity index (χ2n) is 33.5. The van der Waals surface area contributed by atoms with Crippen LogP contribution in [0.3, 0.4) is 0 Å². The van der Waals surface area contributed by atoms with E-state index in [-0.39, 0.29) is 34.5 Å². The van der Waals surface area contributed by atoms with Crippen LogP contribution in [0.4, 0.5) is 28.4 Å². The van der Waals surface area contributed by atoms with Gasteiger partial charge in [0, 0.05) is 60.0 Å². The number of rotatable bonds is 7. The smallest absolute Gasteiger partial charge is 0.0720 e. The molecule has 16 aromatic carbocycles. The highest BCUT2D eigenvalue weighted by Crippen LogP contribution is 2.66. The van der Waals surface area contributed by atoms with Crippen molar-refractivity contribution in [2.75, 3.05) is 10.2 Å². The maximum atomic E-state index is 3.87. The Morgan fingerprint density at radius 1 is 0.219 bits per heavy atom. The van der Waals surface area contributed by atoms with Crippen LogP contribution in [0.25, 0.3) is 66.8 Å². The van der Waals surface area contributed by atoms with Crippen LogP contribution in [-0.4, -0.2) is 0 Å². The third-order valence-electron chi connectivity index (χ3n) is 26.2. The Balaban J connectivity index is 0.000000126. The van der Waals surface area contributed by atoms with Crippen LogP contribution in [0, 0.1) is 0 Å². The van der Waals surface area contributed by atoms with Gasteiger partial charge in [0.05, 0.1) is 16.5 Å². The summed E-state index contributed by atoms with van der Waals surface area (Å²) in [5.74, 6) is 0. The molecule has 2 spiro atoms. The highest BCUT2D eigenvalue weighted by molar-refractivity contribution is 9.10. The number of halogens is 1. The number of nitrogens with one attached hydrogen (secondary N) is 1. The molecule has 0 radical (unpaired) electrons. The fraction of sp³-hybridized carbons (Fsp3) is 0.135. The Hall–Kier alpha value is -12.4. The predicted molar refractivity (Wildman–Crippen MR) is 483 cm³/mol. The van der Waals surface area contributed by atoms with Gasteiger partial charge in [-0.2, -0.15) is 0 Å². The van der Waals surface area contributed by atoms with Crippen molar-refractivity contribution in [3.63, 3.8) is 0 Å². The lowest BCUT2D eigenvalue weighted by Crippen LogP contribution is -2.40. The van der Waals surface area contributed by atoms with Crippen molar-refractivity contribution in [1.29, 1.82) is 0 Å². The van der Waals surface area contributed by atoms with Gasteiger partial charge in [-0.25, -0.2) is 0 Å². The van der Waals surface area contributed by atoms with E-state index in [9.17, 15) is 0 Å². The molecule has 0 saturated carbocycles. The van der Waals surface area contributed by atoms with Gasteiger partial charge in [0.1, 0.15) is 0 Å². The molecule has 6 aliphatic rings. The Bertz CT molecular complexity index is 6370. The number of fused-ring (bicyclic) bond motifs is 24. The Morgan fingerprint density at radius 3 is 0.991 bits per heavy atom. The third kappa shape index (κ3) is 10.6. The van der Waals surface area contributed by atoms with Gasteiger partial charge in [-0.15, -0.1) is 0 Å². The third-order valence-corrected chi connectivity index (χ3v) is 26.9. The quantitative estimate of drug-likeness (QED) is 0.171. The van der Waals surface area contributed by atoms with E-state index in [0.717, 1.165) is 22.7 Å². The SMILES string of the molecule is C.CC1(C)c2ccccc2-c2ccc(N(c3ccc(-c4ccccc4)cc3)c3cccc4c3-c3ccccc3C43c4ccccc4C(C)(C)c4ccccc43)cc21.CC1(C)c2ccccc2-c2ccc(Nc3ccc(-c4ccccc4)cc3)cc21.CC1(C)c2ccccc2C2(c3ccccc3-c3c(Br)cccc32)c2ccccc21. The van der Waals surface area contributed by atoms with Crippen molar-refractivity contribution >= 4 is 44.4 Å². The Kier molecular flexibility index (Phi) is 17.1. The van der Waals surface area contributed by atoms with Crippen LogP contribution in [0.5, 0.6) is 0 Å². The fourth-order valence-electron chi connectivity index (χ4n) is 21.0. The molecule has 0 heterocycles. The molecule has 0 bridgehead atoms. The van der Waals surface area contributed by atoms with Gasteiger partial charge in [0.15, 0.2) is 0 Å². The molecule has 2 nitrogen and oxygen atoms in total. The van der Waals surface area contributed by atoms with Gasteiger partial charge in [-0.05, 0) is 205 Å². The summed E-state index contributed by atoms with van der Waals surface area (Å²) in [6.45, 7) is 18.9. The molecule has 0 amide bonds. The van der Waals surface area contributed by atoms with Gasteiger partial charge < -0.3 is 10.2 Å². The summed E-state index contributed by atoms with van der Waals surface area (Å²) in [6.07, 6.45) is 0. The second-order valence-corrected chi connectivity index (χ2v) is 34.4. The van der Waals surface area contributed by atoms with E-state index in [0.29, 0.717) is 0 Å². The molecule has 0 atom stereocenters. The van der Waals surface area contributed by atoms with E-state index in [1.165, 1.54) is 166 Å². The van der Waals surface area contributed by atoms with Gasteiger partial charge in [-0.1, -0.05) is 394 Å². The molecule has 0 aromatic heterocycles. The van der Waals surface area contributed by atoms with Gasteiger partial charge in [0.25, 0.3) is 0 Å². The van der Waals surface area contributed by atoms with E-state index in [1.54, 1.807) is 0 Å². The molecule has 114 heavy (non-hydrogen) atoms. The van der Waals surface area contributed by atoms with Crippen molar-refractivity contribution in [2.24, 2.45) is 0 Å². The zero-order valence-corrected chi connectivity index (χ0v) is 66.7. The number of hydrogen-bond donors (Lipinski definition) is 1. The van der Waals surface area contributed by atoms with Crippen molar-refractivity contribution in [1.82, 2.24) is 0 Å². The molecule has 22 rings (SSSR count). The molecule has 3 heteroatoms. The predicted octanol–water partition coefficient (Wildman–Crippen LogP) is 29.6. The normalized spacial score (nSPS) is 15.2. The zero-order valence-electron chi connectivity index (χ0n) is 65.1. The molecule has 0 aliphatic heterocycles. The monoisotopic (exact) mass is 1530 g/mol. The molecule has 0 unspecified atom stereocenters. The summed E-state index contributed by atoms with van der Waals surface area (Å²) in [7, 11) is 0. The minimum Gasteiger partial charge on any atom is -0.356 e. The second kappa shape index (κ2) is 27.2. The summed E-state index contributed by atoms with van der Waals surface area (Å²) in [5, 5.41) is 3.58. The minimum absolute atomic E-state index is 0. The highest BCUT2D eigenvalue weighted by atomic mass is 79.9. The first-order valence-corrected chi connectivity index (χ1v) is 40.7. The minimum atomic E-state index is -0.463. The van der Waals surface area contributed by atoms with Gasteiger partial charge in [0.2, 0.25) is 0 Å². The molecule has 0 saturated heterocycles. The summed E-state index contributed by atoms with van der Waals surface area (Å²) < 4.78 is 1.17. The molecule has 6 aliphatic carbocycles. The van der Waals surface area contributed by atoms with E-state index >= 15 is 0 Å². The van der Waals surface area contributed by atoms with Crippen molar-refractivity contribution in [3.05, 3.63) is 470 Å². The molecule has 16 aromatic rings. The summed E-state index contributed by atoms with van der Waals surface area (Å²) in [5.41, 5.74) is 42.4. The lowest BCUT2D eigenvalue weighted by atomic mass is 9.55. The van der Waals surface area contributed by atoms with Crippen LogP contribution in [-0.2, 0) is 32.5 Å². The molecule has 552 valence electrons. The number of nitrogens with zero attached hydrogens (tertiary/aromatic N) is 1. The summed E-state index contributed by atoms with van der Waals surface area (Å²) in [6, 6.07) is 139. The molecule has 0 fully saturated rings. The number of hydrogen-bond acceptors (Lipinski definition) is 2. The van der Waals surface area contributed by atoms with Crippen molar-refractivity contribution in [3.8, 4) is 66.8 Å². The largest absolute Gasteiger partial charge is 0.356 e. The van der Waals surface area contributed by atoms with Crippen LogP contribution in [0.15, 0.2) is 381 Å². The fourth-order valence-corrected chi connectivity index (χ4v) is 21.5. The average molecular weight is 1530 g/mol. The lowest BCUT2D eigenvalue weighted by molar-refractivity contribution is 0.563. The van der Waals surface area contributed by atoms with Crippen molar-refractivity contribution < 1.29 is 0 Å². The average Bonchev–Trinajstić information content (AvgIpc) is 1.26. The molecule has 1 N–H and O–H groups in total. The standard InChI is InChI=1S/C55H43N.C28H21Br.C27H23N.CH4/c1-53(2)43-21-10-8-19-40(43)41-34-33-39(35-50(41)53)56(38-31-29-37(30-32-38)36-17-6-5-7-18-36)51-28-16-27-49-52(51)42-20-9-11-22-44(42)55(49)47-25-14-12-23-45(47)54(3,4)46-24-13-15-26-48(46)55;1-27(2)20-12-5-7-14-22(20)28(23-15-8-6-13-21(23)27)19-11-4-3-10-18(19)26-24(28)16-9-17-25(26)29;1-27(2)25-11-7-6-10-23(25)24-17-16-22(18-26(24)27)28-21-14-12-20(13-15-21)19-8-4-3-5-9-19;/h5-35H,1-4H3;3-17H,1-2H3;3-18,28H,1-2H3;1H4. The van der Waals surface area contributed by atoms with Crippen molar-refractivity contribution in [2.45, 2.75) is 95.3 Å². The summed E-state index contributed by atoms with van der Waals surface area (Å²) >= 11 is 3.87. The Labute approximate surface area is 681 Å². The van der Waals surface area contributed by atoms with Crippen LogP contribution in [0.1, 0.15) is 152 Å². The highest BCUT2D eigenvalue weighted by Gasteiger charge is 2.56. The van der Waals surface area contributed by atoms with Gasteiger partial charge >= 0.3 is 0 Å². The topological polar surface area (TPSA) is 15.3 Å². The lowest BCUT2D eigenvalue weighted by Gasteiger charge is -2.46. The van der Waals surface area contributed by atoms with E-state index in [1.807, 2.05) is 6.07 Å².